The van der Waals surface area contributed by atoms with Gasteiger partial charge in [-0.15, -0.1) is 0 Å². The average molecular weight is 404 g/mol. The minimum absolute atomic E-state index is 0.175. The summed E-state index contributed by atoms with van der Waals surface area (Å²) in [7, 11) is -3.91. The third-order valence-electron chi connectivity index (χ3n) is 4.31. The predicted octanol–water partition coefficient (Wildman–Crippen LogP) is 3.77. The molecule has 0 saturated carbocycles. The zero-order chi connectivity index (χ0) is 20.9. The highest BCUT2D eigenvalue weighted by atomic mass is 32.2. The third kappa shape index (κ3) is 4.73. The Morgan fingerprint density at radius 1 is 1.14 bits per heavy atom. The predicted molar refractivity (Wildman–Crippen MR) is 110 cm³/mol. The number of nitrogens with one attached hydrogen (secondary N) is 1. The van der Waals surface area contributed by atoms with E-state index in [0.29, 0.717) is 5.71 Å². The highest BCUT2D eigenvalue weighted by molar-refractivity contribution is 7.89. The molecule has 0 aliphatic rings. The fourth-order valence-corrected chi connectivity index (χ4v) is 4.26. The van der Waals surface area contributed by atoms with E-state index in [9.17, 15) is 18.5 Å². The van der Waals surface area contributed by atoms with Gasteiger partial charge in [-0.2, -0.15) is 9.41 Å². The van der Waals surface area contributed by atoms with Gasteiger partial charge in [-0.1, -0.05) is 43.7 Å². The van der Waals surface area contributed by atoms with Crippen molar-refractivity contribution in [1.29, 1.82) is 0 Å². The van der Waals surface area contributed by atoms with Gasteiger partial charge in [0.25, 0.3) is 5.69 Å². The van der Waals surface area contributed by atoms with Crippen molar-refractivity contribution in [3.63, 3.8) is 0 Å². The summed E-state index contributed by atoms with van der Waals surface area (Å²) in [6.45, 7) is 7.72. The van der Waals surface area contributed by atoms with E-state index in [1.807, 2.05) is 31.2 Å². The Balaban J connectivity index is 2.47. The van der Waals surface area contributed by atoms with Crippen molar-refractivity contribution in [3.05, 3.63) is 63.7 Å². The number of benzene rings is 2. The lowest BCUT2D eigenvalue weighted by Gasteiger charge is -2.20. The van der Waals surface area contributed by atoms with Crippen LogP contribution >= 0.6 is 0 Å². The quantitative estimate of drug-likeness (QED) is 0.410. The average Bonchev–Trinajstić information content (AvgIpc) is 2.67. The van der Waals surface area contributed by atoms with Crippen LogP contribution < -0.4 is 5.43 Å². The molecule has 0 atom stereocenters. The highest BCUT2D eigenvalue weighted by Crippen LogP contribution is 2.29. The van der Waals surface area contributed by atoms with Gasteiger partial charge in [0.1, 0.15) is 4.90 Å². The topological polar surface area (TPSA) is 105 Å². The summed E-state index contributed by atoms with van der Waals surface area (Å²) in [5, 5.41) is 15.4. The summed E-state index contributed by atoms with van der Waals surface area (Å²) in [4.78, 5) is 10.3. The van der Waals surface area contributed by atoms with Crippen LogP contribution in [0.3, 0.4) is 0 Å². The summed E-state index contributed by atoms with van der Waals surface area (Å²) in [6.07, 6.45) is 0. The minimum Gasteiger partial charge on any atom is -0.277 e. The Bertz CT molecular complexity index is 981. The molecule has 0 fully saturated rings. The number of anilines is 1. The number of nitro groups is 1. The van der Waals surface area contributed by atoms with E-state index in [4.69, 9.17) is 0 Å². The second-order valence-electron chi connectivity index (χ2n) is 6.20. The third-order valence-corrected chi connectivity index (χ3v) is 6.40. The maximum Gasteiger partial charge on any atom is 0.270 e. The number of nitro benzene ring substituents is 1. The Hall–Kier alpha value is -2.78. The Kier molecular flexibility index (Phi) is 6.87. The molecule has 8 nitrogen and oxygen atoms in total. The number of nitrogens with zero attached hydrogens (tertiary/aromatic N) is 3. The molecule has 0 heterocycles. The standard InChI is InChI=1S/C19H24N4O4S/c1-5-22(6-2)28(26,27)19-13-17(23(24)25)11-12-18(19)21-20-15(4)16-9-7-14(3)8-10-16/h7-13,21H,5-6H2,1-4H3/b20-15-. The van der Waals surface area contributed by atoms with Crippen LogP contribution in [0.25, 0.3) is 0 Å². The first-order valence-corrected chi connectivity index (χ1v) is 10.3. The van der Waals surface area contributed by atoms with E-state index < -0.39 is 14.9 Å². The van der Waals surface area contributed by atoms with Crippen LogP contribution in [0, 0.1) is 17.0 Å². The van der Waals surface area contributed by atoms with Gasteiger partial charge in [0, 0.05) is 25.2 Å². The molecule has 0 spiro atoms. The lowest BCUT2D eigenvalue weighted by atomic mass is 10.1. The second kappa shape index (κ2) is 8.94. The monoisotopic (exact) mass is 404 g/mol. The van der Waals surface area contributed by atoms with Crippen molar-refractivity contribution < 1.29 is 13.3 Å². The first-order valence-electron chi connectivity index (χ1n) is 8.86. The van der Waals surface area contributed by atoms with Crippen LogP contribution in [0.2, 0.25) is 0 Å². The smallest absolute Gasteiger partial charge is 0.270 e. The molecule has 2 aromatic rings. The van der Waals surface area contributed by atoms with Crippen LogP contribution in [-0.2, 0) is 10.0 Å². The van der Waals surface area contributed by atoms with Crippen LogP contribution in [0.5, 0.6) is 0 Å². The SMILES string of the molecule is CCN(CC)S(=O)(=O)c1cc([N+](=O)[O-])ccc1N/N=C(/C)c1ccc(C)cc1. The van der Waals surface area contributed by atoms with E-state index >= 15 is 0 Å². The summed E-state index contributed by atoms with van der Waals surface area (Å²) < 4.78 is 27.2. The first kappa shape index (κ1) is 21.5. The fraction of sp³-hybridized carbons (Fsp3) is 0.316. The molecular weight excluding hydrogens is 380 g/mol. The highest BCUT2D eigenvalue weighted by Gasteiger charge is 2.27. The Morgan fingerprint density at radius 2 is 1.75 bits per heavy atom. The van der Waals surface area contributed by atoms with Crippen LogP contribution in [0.15, 0.2) is 52.5 Å². The number of aryl methyl sites for hydroxylation is 1. The zero-order valence-corrected chi connectivity index (χ0v) is 17.2. The molecule has 0 radical (unpaired) electrons. The zero-order valence-electron chi connectivity index (χ0n) is 16.3. The van der Waals surface area contributed by atoms with Gasteiger partial charge in [0.15, 0.2) is 0 Å². The number of hydrogen-bond donors (Lipinski definition) is 1. The van der Waals surface area contributed by atoms with Gasteiger partial charge in [-0.25, -0.2) is 8.42 Å². The van der Waals surface area contributed by atoms with Crippen molar-refractivity contribution in [2.75, 3.05) is 18.5 Å². The van der Waals surface area contributed by atoms with Gasteiger partial charge in [-0.05, 0) is 25.5 Å². The van der Waals surface area contributed by atoms with Crippen LogP contribution in [0.1, 0.15) is 31.9 Å². The van der Waals surface area contributed by atoms with E-state index in [2.05, 4.69) is 10.5 Å². The van der Waals surface area contributed by atoms with Crippen LogP contribution in [-0.4, -0.2) is 36.4 Å². The minimum atomic E-state index is -3.91. The molecule has 28 heavy (non-hydrogen) atoms. The lowest BCUT2D eigenvalue weighted by Crippen LogP contribution is -2.31. The summed E-state index contributed by atoms with van der Waals surface area (Å²) in [6, 6.07) is 11.4. The summed E-state index contributed by atoms with van der Waals surface area (Å²) in [5.74, 6) is 0. The largest absolute Gasteiger partial charge is 0.277 e. The van der Waals surface area contributed by atoms with Gasteiger partial charge < -0.3 is 0 Å². The van der Waals surface area contributed by atoms with Gasteiger partial charge in [-0.3, -0.25) is 15.5 Å². The first-order chi connectivity index (χ1) is 13.2. The number of non-ortho nitro benzene ring substituents is 1. The van der Waals surface area contributed by atoms with E-state index in [1.54, 1.807) is 20.8 Å². The normalized spacial score (nSPS) is 12.2. The molecule has 1 N–H and O–H groups in total. The van der Waals surface area contributed by atoms with E-state index in [-0.39, 0.29) is 29.4 Å². The van der Waals surface area contributed by atoms with Crippen molar-refractivity contribution >= 4 is 27.1 Å². The molecule has 2 aromatic carbocycles. The Morgan fingerprint density at radius 3 is 2.29 bits per heavy atom. The molecular formula is C19H24N4O4S. The maximum absolute atomic E-state index is 13.0. The molecule has 150 valence electrons. The summed E-state index contributed by atoms with van der Waals surface area (Å²) >= 11 is 0. The lowest BCUT2D eigenvalue weighted by molar-refractivity contribution is -0.385. The number of sulfonamides is 1. The van der Waals surface area contributed by atoms with Gasteiger partial charge in [0.05, 0.1) is 16.3 Å². The second-order valence-corrected chi connectivity index (χ2v) is 8.11. The number of hydrazone groups is 1. The van der Waals surface area contributed by atoms with E-state index in [0.717, 1.165) is 17.2 Å². The molecule has 0 aliphatic carbocycles. The van der Waals surface area contributed by atoms with Crippen LogP contribution in [0.4, 0.5) is 11.4 Å². The number of hydrogen-bond acceptors (Lipinski definition) is 6. The molecule has 0 amide bonds. The van der Waals surface area contributed by atoms with Gasteiger partial charge in [0.2, 0.25) is 10.0 Å². The van der Waals surface area contributed by atoms with Crippen molar-refractivity contribution in [2.24, 2.45) is 5.10 Å². The summed E-state index contributed by atoms with van der Waals surface area (Å²) in [5.41, 5.74) is 5.31. The van der Waals surface area contributed by atoms with E-state index in [1.165, 1.54) is 16.4 Å². The molecule has 0 aliphatic heterocycles. The Labute approximate surface area is 165 Å². The number of rotatable bonds is 8. The molecule has 0 unspecified atom stereocenters. The molecule has 2 rings (SSSR count). The molecule has 0 bridgehead atoms. The maximum atomic E-state index is 13.0. The fourth-order valence-electron chi connectivity index (χ4n) is 2.64. The van der Waals surface area contributed by atoms with Crippen molar-refractivity contribution in [1.82, 2.24) is 4.31 Å². The van der Waals surface area contributed by atoms with Crippen molar-refractivity contribution in [3.8, 4) is 0 Å². The molecule has 0 aromatic heterocycles. The molecule has 0 saturated heterocycles. The van der Waals surface area contributed by atoms with Crippen molar-refractivity contribution in [2.45, 2.75) is 32.6 Å². The molecule has 9 heteroatoms. The van der Waals surface area contributed by atoms with Gasteiger partial charge >= 0.3 is 0 Å².